The lowest BCUT2D eigenvalue weighted by molar-refractivity contribution is -0.158. The molecule has 6 nitrogen and oxygen atoms in total. The van der Waals surface area contributed by atoms with Crippen molar-refractivity contribution in [1.29, 1.82) is 0 Å². The molecule has 0 saturated carbocycles. The summed E-state index contributed by atoms with van der Waals surface area (Å²) in [4.78, 5) is 40.1. The molecule has 0 aliphatic carbocycles. The van der Waals surface area contributed by atoms with Gasteiger partial charge in [-0.2, -0.15) is 0 Å². The van der Waals surface area contributed by atoms with Gasteiger partial charge in [0.15, 0.2) is 5.78 Å². The van der Waals surface area contributed by atoms with Crippen LogP contribution in [0.4, 0.5) is 20.6 Å². The summed E-state index contributed by atoms with van der Waals surface area (Å²) in [7, 11) is 0. The van der Waals surface area contributed by atoms with Gasteiger partial charge in [0, 0.05) is 24.1 Å². The van der Waals surface area contributed by atoms with Crippen LogP contribution in [0, 0.1) is 19.7 Å². The molecule has 0 bridgehead atoms. The SMILES string of the molecule is Cc1ccccc1C(=O)c1ccc(N(C(=O)OC(C)OC(=O)C=Cc2ccccc2)c2ccc(F)cc2C)cc1Cl. The van der Waals surface area contributed by atoms with Crippen LogP contribution in [0.5, 0.6) is 0 Å². The third-order valence-electron chi connectivity index (χ3n) is 6.19. The van der Waals surface area contributed by atoms with Crippen molar-refractivity contribution < 1.29 is 28.2 Å². The van der Waals surface area contributed by atoms with Crippen LogP contribution in [0.2, 0.25) is 5.02 Å². The summed E-state index contributed by atoms with van der Waals surface area (Å²) in [5.41, 5.74) is 3.37. The van der Waals surface area contributed by atoms with Crippen LogP contribution in [0.3, 0.4) is 0 Å². The Hall–Kier alpha value is -4.75. The summed E-state index contributed by atoms with van der Waals surface area (Å²) < 4.78 is 24.6. The van der Waals surface area contributed by atoms with E-state index in [1.54, 1.807) is 31.2 Å². The topological polar surface area (TPSA) is 72.9 Å². The van der Waals surface area contributed by atoms with Crippen molar-refractivity contribution in [1.82, 2.24) is 0 Å². The first-order valence-corrected chi connectivity index (χ1v) is 13.1. The number of hydrogen-bond donors (Lipinski definition) is 0. The second kappa shape index (κ2) is 13.1. The number of benzene rings is 4. The second-order valence-corrected chi connectivity index (χ2v) is 9.61. The predicted octanol–water partition coefficient (Wildman–Crippen LogP) is 8.20. The number of esters is 1. The van der Waals surface area contributed by atoms with E-state index in [0.29, 0.717) is 16.8 Å². The summed E-state index contributed by atoms with van der Waals surface area (Å²) in [5, 5.41) is 0.110. The minimum absolute atomic E-state index is 0.110. The van der Waals surface area contributed by atoms with E-state index in [1.807, 2.05) is 49.4 Å². The summed E-state index contributed by atoms with van der Waals surface area (Å²) in [6, 6.07) is 24.7. The Morgan fingerprint density at radius 2 is 1.54 bits per heavy atom. The third kappa shape index (κ3) is 7.26. The van der Waals surface area contributed by atoms with Crippen LogP contribution in [-0.2, 0) is 14.3 Å². The Bertz CT molecular complexity index is 1620. The van der Waals surface area contributed by atoms with Crippen molar-refractivity contribution in [2.24, 2.45) is 0 Å². The van der Waals surface area contributed by atoms with Gasteiger partial charge in [0.1, 0.15) is 5.82 Å². The molecule has 0 saturated heterocycles. The minimum atomic E-state index is -1.25. The normalized spacial score (nSPS) is 11.6. The van der Waals surface area contributed by atoms with Crippen LogP contribution < -0.4 is 4.90 Å². The smallest absolute Gasteiger partial charge is 0.422 e. The van der Waals surface area contributed by atoms with Gasteiger partial charge in [0.2, 0.25) is 6.29 Å². The predicted molar refractivity (Wildman–Crippen MR) is 157 cm³/mol. The van der Waals surface area contributed by atoms with E-state index >= 15 is 0 Å². The molecular weight excluding hydrogens is 545 g/mol. The van der Waals surface area contributed by atoms with Gasteiger partial charge in [-0.05, 0) is 73.0 Å². The lowest BCUT2D eigenvalue weighted by Crippen LogP contribution is -2.32. The molecule has 1 amide bonds. The third-order valence-corrected chi connectivity index (χ3v) is 6.50. The number of aryl methyl sites for hydroxylation is 2. The first-order valence-electron chi connectivity index (χ1n) is 12.7. The van der Waals surface area contributed by atoms with Gasteiger partial charge in [0.25, 0.3) is 0 Å². The van der Waals surface area contributed by atoms with Crippen molar-refractivity contribution in [3.63, 3.8) is 0 Å². The first kappa shape index (κ1) is 29.2. The van der Waals surface area contributed by atoms with E-state index in [9.17, 15) is 18.8 Å². The van der Waals surface area contributed by atoms with Gasteiger partial charge in [-0.25, -0.2) is 18.9 Å². The van der Waals surface area contributed by atoms with E-state index in [-0.39, 0.29) is 22.1 Å². The maximum Gasteiger partial charge on any atom is 0.422 e. The zero-order valence-corrected chi connectivity index (χ0v) is 23.4. The maximum absolute atomic E-state index is 13.9. The largest absolute Gasteiger partial charge is 0.422 e. The highest BCUT2D eigenvalue weighted by atomic mass is 35.5. The van der Waals surface area contributed by atoms with Gasteiger partial charge < -0.3 is 9.47 Å². The number of carbonyl (C=O) groups excluding carboxylic acids is 3. The average Bonchev–Trinajstić information content (AvgIpc) is 2.94. The van der Waals surface area contributed by atoms with Crippen LogP contribution in [0.25, 0.3) is 6.08 Å². The van der Waals surface area contributed by atoms with E-state index in [4.69, 9.17) is 21.1 Å². The molecule has 0 heterocycles. The monoisotopic (exact) mass is 571 g/mol. The molecule has 4 rings (SSSR count). The number of carbonyl (C=O) groups is 3. The number of ether oxygens (including phenoxy) is 2. The number of rotatable bonds is 8. The van der Waals surface area contributed by atoms with Crippen molar-refractivity contribution in [3.05, 3.63) is 136 Å². The van der Waals surface area contributed by atoms with Gasteiger partial charge in [-0.1, -0.05) is 66.2 Å². The van der Waals surface area contributed by atoms with Gasteiger partial charge >= 0.3 is 12.1 Å². The first-order chi connectivity index (χ1) is 19.6. The fourth-order valence-electron chi connectivity index (χ4n) is 4.16. The fourth-order valence-corrected chi connectivity index (χ4v) is 4.42. The number of ketones is 1. The van der Waals surface area contributed by atoms with E-state index in [2.05, 4.69) is 0 Å². The second-order valence-electron chi connectivity index (χ2n) is 9.21. The molecule has 41 heavy (non-hydrogen) atoms. The summed E-state index contributed by atoms with van der Waals surface area (Å²) in [6.07, 6.45) is 0.649. The van der Waals surface area contributed by atoms with Gasteiger partial charge in [0.05, 0.1) is 16.4 Å². The van der Waals surface area contributed by atoms with Crippen LogP contribution >= 0.6 is 11.6 Å². The van der Waals surface area contributed by atoms with E-state index in [1.165, 1.54) is 48.2 Å². The quantitative estimate of drug-likeness (QED) is 0.0922. The Morgan fingerprint density at radius 3 is 2.22 bits per heavy atom. The van der Waals surface area contributed by atoms with Crippen molar-refractivity contribution in [3.8, 4) is 0 Å². The summed E-state index contributed by atoms with van der Waals surface area (Å²) in [5.74, 6) is -1.46. The van der Waals surface area contributed by atoms with Gasteiger partial charge in [-0.15, -0.1) is 0 Å². The molecule has 0 radical (unpaired) electrons. The average molecular weight is 572 g/mol. The molecule has 4 aromatic rings. The molecule has 0 aliphatic rings. The molecule has 1 unspecified atom stereocenters. The molecule has 0 fully saturated rings. The maximum atomic E-state index is 13.9. The zero-order valence-electron chi connectivity index (χ0n) is 22.6. The van der Waals surface area contributed by atoms with E-state index < -0.39 is 24.2 Å². The van der Waals surface area contributed by atoms with Crippen molar-refractivity contribution >= 4 is 46.9 Å². The molecule has 1 atom stereocenters. The molecule has 0 aliphatic heterocycles. The highest BCUT2D eigenvalue weighted by Gasteiger charge is 2.26. The summed E-state index contributed by atoms with van der Waals surface area (Å²) >= 11 is 6.55. The zero-order chi connectivity index (χ0) is 29.5. The molecule has 0 N–H and O–H groups in total. The molecule has 0 spiro atoms. The number of hydrogen-bond acceptors (Lipinski definition) is 5. The molecule has 0 aromatic heterocycles. The molecular formula is C33H27ClFNO5. The Morgan fingerprint density at radius 1 is 0.829 bits per heavy atom. The van der Waals surface area contributed by atoms with Gasteiger partial charge in [-0.3, -0.25) is 4.79 Å². The molecule has 4 aromatic carbocycles. The molecule has 208 valence electrons. The van der Waals surface area contributed by atoms with Crippen LogP contribution in [0.1, 0.15) is 39.5 Å². The van der Waals surface area contributed by atoms with Crippen LogP contribution in [0.15, 0.2) is 97.1 Å². The Kier molecular flexibility index (Phi) is 9.32. The molecule has 8 heteroatoms. The standard InChI is InChI=1S/C33H27ClFNO5/c1-21-9-7-8-12-27(21)32(38)28-16-15-26(20-29(28)34)36(30-17-14-25(35)19-22(30)2)33(39)41-23(3)40-31(37)18-13-24-10-5-4-6-11-24/h4-20,23H,1-3H3. The van der Waals surface area contributed by atoms with Crippen LogP contribution in [-0.4, -0.2) is 24.1 Å². The minimum Gasteiger partial charge on any atom is -0.422 e. The Labute approximate surface area is 242 Å². The lowest BCUT2D eigenvalue weighted by atomic mass is 9.99. The van der Waals surface area contributed by atoms with Crippen molar-refractivity contribution in [2.45, 2.75) is 27.1 Å². The number of halogens is 2. The number of nitrogens with zero attached hydrogens (tertiary/aromatic N) is 1. The fraction of sp³-hybridized carbons (Fsp3) is 0.121. The number of amides is 1. The highest BCUT2D eigenvalue weighted by Crippen LogP contribution is 2.34. The Balaban J connectivity index is 1.59. The van der Waals surface area contributed by atoms with Crippen molar-refractivity contribution in [2.75, 3.05) is 4.90 Å². The summed E-state index contributed by atoms with van der Waals surface area (Å²) in [6.45, 7) is 4.86. The number of anilines is 2. The highest BCUT2D eigenvalue weighted by molar-refractivity contribution is 6.35. The lowest BCUT2D eigenvalue weighted by Gasteiger charge is -2.26. The van der Waals surface area contributed by atoms with E-state index in [0.717, 1.165) is 11.1 Å².